The number of aliphatic hydroxyl groups is 2. The van der Waals surface area contributed by atoms with Crippen LogP contribution in [0.15, 0.2) is 11.4 Å². The van der Waals surface area contributed by atoms with E-state index in [1.807, 2.05) is 11.4 Å². The second-order valence-electron chi connectivity index (χ2n) is 2.77. The van der Waals surface area contributed by atoms with Gasteiger partial charge in [-0.05, 0) is 23.9 Å². The number of hydrogen-bond acceptors (Lipinski definition) is 4. The predicted octanol–water partition coefficient (Wildman–Crippen LogP) is 0.621. The highest BCUT2D eigenvalue weighted by atomic mass is 32.1. The molecule has 0 aliphatic rings. The molecule has 1 heterocycles. The fraction of sp³-hybridized carbons (Fsp3) is 0.500. The van der Waals surface area contributed by atoms with Crippen LogP contribution < -0.4 is 5.73 Å². The minimum atomic E-state index is -0.550. The molecular weight excluding hydrogens is 174 g/mol. The molecule has 0 fully saturated rings. The maximum atomic E-state index is 9.17. The molecule has 68 valence electrons. The van der Waals surface area contributed by atoms with Crippen molar-refractivity contribution >= 4 is 11.3 Å². The molecule has 0 aliphatic carbocycles. The van der Waals surface area contributed by atoms with E-state index >= 15 is 0 Å². The molecule has 3 nitrogen and oxygen atoms in total. The van der Waals surface area contributed by atoms with Crippen LogP contribution in [0.5, 0.6) is 0 Å². The second kappa shape index (κ2) is 4.00. The summed E-state index contributed by atoms with van der Waals surface area (Å²) in [6, 6.07) is 1.48. The van der Waals surface area contributed by atoms with E-state index in [2.05, 4.69) is 0 Å². The number of aliphatic hydroxyl groups excluding tert-OH is 2. The summed E-state index contributed by atoms with van der Waals surface area (Å²) in [5.41, 5.74) is 6.57. The third kappa shape index (κ3) is 2.04. The Morgan fingerprint density at radius 1 is 1.67 bits per heavy atom. The van der Waals surface area contributed by atoms with E-state index in [1.54, 1.807) is 6.92 Å². The van der Waals surface area contributed by atoms with Crippen LogP contribution in [0.2, 0.25) is 0 Å². The molecule has 0 saturated heterocycles. The van der Waals surface area contributed by atoms with Gasteiger partial charge in [-0.25, -0.2) is 0 Å². The van der Waals surface area contributed by atoms with Crippen LogP contribution in [0.3, 0.4) is 0 Å². The van der Waals surface area contributed by atoms with Crippen LogP contribution in [-0.4, -0.2) is 16.3 Å². The average Bonchev–Trinajstić information content (AvgIpc) is 2.50. The summed E-state index contributed by atoms with van der Waals surface area (Å²) >= 11 is 1.45. The summed E-state index contributed by atoms with van der Waals surface area (Å²) in [6.45, 7) is 1.69. The Morgan fingerprint density at radius 2 is 2.33 bits per heavy atom. The molecule has 12 heavy (non-hydrogen) atoms. The fourth-order valence-electron chi connectivity index (χ4n) is 0.934. The summed E-state index contributed by atoms with van der Waals surface area (Å²) in [5, 5.41) is 19.8. The molecule has 1 aromatic rings. The zero-order chi connectivity index (χ0) is 9.14. The first-order valence-electron chi connectivity index (χ1n) is 3.77. The van der Waals surface area contributed by atoms with Crippen molar-refractivity contribution in [2.24, 2.45) is 5.73 Å². The molecule has 0 saturated carbocycles. The summed E-state index contributed by atoms with van der Waals surface area (Å²) in [7, 11) is 0. The highest BCUT2D eigenvalue weighted by Crippen LogP contribution is 2.21. The van der Waals surface area contributed by atoms with Gasteiger partial charge in [-0.3, -0.25) is 0 Å². The summed E-state index contributed by atoms with van der Waals surface area (Å²) in [6.07, 6.45) is -0.550. The first-order chi connectivity index (χ1) is 5.65. The SMILES string of the molecule is C[C@H](O)[C@H](N)c1csc(CO)c1. The van der Waals surface area contributed by atoms with Gasteiger partial charge in [0.1, 0.15) is 0 Å². The Morgan fingerprint density at radius 3 is 2.75 bits per heavy atom. The van der Waals surface area contributed by atoms with Gasteiger partial charge in [-0.1, -0.05) is 0 Å². The van der Waals surface area contributed by atoms with Crippen LogP contribution in [-0.2, 0) is 6.61 Å². The van der Waals surface area contributed by atoms with E-state index in [0.717, 1.165) is 10.4 Å². The third-order valence-corrected chi connectivity index (χ3v) is 2.67. The molecule has 1 aromatic heterocycles. The van der Waals surface area contributed by atoms with Gasteiger partial charge in [0, 0.05) is 4.88 Å². The van der Waals surface area contributed by atoms with Gasteiger partial charge in [0.15, 0.2) is 0 Å². The average molecular weight is 187 g/mol. The maximum Gasteiger partial charge on any atom is 0.0774 e. The minimum Gasteiger partial charge on any atom is -0.391 e. The van der Waals surface area contributed by atoms with E-state index in [-0.39, 0.29) is 12.6 Å². The van der Waals surface area contributed by atoms with Crippen LogP contribution >= 0.6 is 11.3 Å². The van der Waals surface area contributed by atoms with Crippen molar-refractivity contribution in [3.8, 4) is 0 Å². The van der Waals surface area contributed by atoms with Gasteiger partial charge < -0.3 is 15.9 Å². The summed E-state index contributed by atoms with van der Waals surface area (Å²) < 4.78 is 0. The second-order valence-corrected chi connectivity index (χ2v) is 3.77. The lowest BCUT2D eigenvalue weighted by Gasteiger charge is -2.12. The Hall–Kier alpha value is -0.420. The summed E-state index contributed by atoms with van der Waals surface area (Å²) in [4.78, 5) is 0.876. The fourth-order valence-corrected chi connectivity index (χ4v) is 1.73. The first kappa shape index (κ1) is 9.67. The number of nitrogens with two attached hydrogens (primary N) is 1. The van der Waals surface area contributed by atoms with Crippen molar-refractivity contribution in [1.29, 1.82) is 0 Å². The van der Waals surface area contributed by atoms with Crippen molar-refractivity contribution in [3.05, 3.63) is 21.9 Å². The predicted molar refractivity (Wildman–Crippen MR) is 48.9 cm³/mol. The van der Waals surface area contributed by atoms with Crippen molar-refractivity contribution in [2.45, 2.75) is 25.7 Å². The van der Waals surface area contributed by atoms with Gasteiger partial charge in [0.05, 0.1) is 18.8 Å². The Kier molecular flexibility index (Phi) is 3.22. The molecule has 0 aromatic carbocycles. The lowest BCUT2D eigenvalue weighted by atomic mass is 10.1. The highest BCUT2D eigenvalue weighted by Gasteiger charge is 2.13. The molecule has 4 N–H and O–H groups in total. The molecule has 0 aliphatic heterocycles. The topological polar surface area (TPSA) is 66.5 Å². The van der Waals surface area contributed by atoms with Gasteiger partial charge in [-0.15, -0.1) is 11.3 Å². The van der Waals surface area contributed by atoms with Crippen LogP contribution in [0, 0.1) is 0 Å². The largest absolute Gasteiger partial charge is 0.391 e. The van der Waals surface area contributed by atoms with Crippen LogP contribution in [0.1, 0.15) is 23.4 Å². The molecule has 0 amide bonds. The van der Waals surface area contributed by atoms with Gasteiger partial charge in [-0.2, -0.15) is 0 Å². The van der Waals surface area contributed by atoms with E-state index in [9.17, 15) is 5.11 Å². The van der Waals surface area contributed by atoms with Crippen molar-refractivity contribution in [2.75, 3.05) is 0 Å². The Balaban J connectivity index is 2.74. The van der Waals surface area contributed by atoms with Crippen molar-refractivity contribution < 1.29 is 10.2 Å². The summed E-state index contributed by atoms with van der Waals surface area (Å²) in [5.74, 6) is 0. The first-order valence-corrected chi connectivity index (χ1v) is 4.65. The normalized spacial score (nSPS) is 16.0. The third-order valence-electron chi connectivity index (χ3n) is 1.73. The lowest BCUT2D eigenvalue weighted by molar-refractivity contribution is 0.164. The number of rotatable bonds is 3. The monoisotopic (exact) mass is 187 g/mol. The van der Waals surface area contributed by atoms with E-state index in [0.29, 0.717) is 0 Å². The number of thiophene rings is 1. The molecule has 0 spiro atoms. The standard InChI is InChI=1S/C8H13NO2S/c1-5(11)8(9)6-2-7(3-10)12-4-6/h2,4-5,8,10-11H,3,9H2,1H3/t5-,8-/m0/s1. The van der Waals surface area contributed by atoms with Gasteiger partial charge >= 0.3 is 0 Å². The Labute approximate surface area is 75.5 Å². The van der Waals surface area contributed by atoms with E-state index in [1.165, 1.54) is 11.3 Å². The van der Waals surface area contributed by atoms with E-state index < -0.39 is 6.10 Å². The Bertz CT molecular complexity index is 247. The van der Waals surface area contributed by atoms with Gasteiger partial charge in [0.2, 0.25) is 0 Å². The smallest absolute Gasteiger partial charge is 0.0774 e. The maximum absolute atomic E-state index is 9.17. The van der Waals surface area contributed by atoms with Crippen molar-refractivity contribution in [3.63, 3.8) is 0 Å². The highest BCUT2D eigenvalue weighted by molar-refractivity contribution is 7.10. The molecule has 0 unspecified atom stereocenters. The quantitative estimate of drug-likeness (QED) is 0.650. The molecule has 1 rings (SSSR count). The molecular formula is C8H13NO2S. The molecule has 2 atom stereocenters. The molecule has 0 bridgehead atoms. The van der Waals surface area contributed by atoms with Gasteiger partial charge in [0.25, 0.3) is 0 Å². The van der Waals surface area contributed by atoms with E-state index in [4.69, 9.17) is 10.8 Å². The zero-order valence-electron chi connectivity index (χ0n) is 6.90. The van der Waals surface area contributed by atoms with Crippen LogP contribution in [0.25, 0.3) is 0 Å². The van der Waals surface area contributed by atoms with Crippen molar-refractivity contribution in [1.82, 2.24) is 0 Å². The molecule has 4 heteroatoms. The zero-order valence-corrected chi connectivity index (χ0v) is 7.71. The molecule has 0 radical (unpaired) electrons. The minimum absolute atomic E-state index is 0.0389. The number of hydrogen-bond donors (Lipinski definition) is 3. The lowest BCUT2D eigenvalue weighted by Crippen LogP contribution is -2.22. The van der Waals surface area contributed by atoms with Crippen LogP contribution in [0.4, 0.5) is 0 Å².